The van der Waals surface area contributed by atoms with Crippen LogP contribution in [0.15, 0.2) is 59.5 Å². The molecular weight excluding hydrogens is 612 g/mol. The Kier molecular flexibility index (Phi) is 9.75. The Morgan fingerprint density at radius 2 is 1.64 bits per heavy atom. The van der Waals surface area contributed by atoms with Gasteiger partial charge in [0, 0.05) is 44.8 Å². The Morgan fingerprint density at radius 3 is 2.27 bits per heavy atom. The Bertz CT molecular complexity index is 1590. The van der Waals surface area contributed by atoms with E-state index in [-0.39, 0.29) is 18.0 Å². The number of benzene rings is 2. The zero-order valence-corrected chi connectivity index (χ0v) is 25.9. The maximum absolute atomic E-state index is 13.4. The first-order valence-electron chi connectivity index (χ1n) is 14.9. The molecule has 2 aliphatic rings. The fourth-order valence-electron chi connectivity index (χ4n) is 5.67. The number of piperazine rings is 1. The third kappa shape index (κ3) is 7.79. The van der Waals surface area contributed by atoms with Gasteiger partial charge in [-0.1, -0.05) is 26.0 Å². The van der Waals surface area contributed by atoms with Gasteiger partial charge in [0.05, 0.1) is 28.4 Å². The molecule has 14 heteroatoms. The van der Waals surface area contributed by atoms with E-state index in [0.29, 0.717) is 54.7 Å². The summed E-state index contributed by atoms with van der Waals surface area (Å²) in [6.45, 7) is 8.31. The monoisotopic (exact) mass is 648 g/mol. The summed E-state index contributed by atoms with van der Waals surface area (Å²) in [6.07, 6.45) is -3.67. The summed E-state index contributed by atoms with van der Waals surface area (Å²) < 4.78 is 80.6. The molecule has 0 spiro atoms. The number of nitrogens with one attached hydrogen (secondary N) is 1. The van der Waals surface area contributed by atoms with Crippen molar-refractivity contribution >= 4 is 21.9 Å². The Balaban J connectivity index is 1.36. The summed E-state index contributed by atoms with van der Waals surface area (Å²) >= 11 is 0. The molecule has 2 saturated heterocycles. The predicted octanol–water partition coefficient (Wildman–Crippen LogP) is 4.55. The van der Waals surface area contributed by atoms with Crippen LogP contribution in [0.3, 0.4) is 0 Å². The van der Waals surface area contributed by atoms with Crippen molar-refractivity contribution in [1.82, 2.24) is 24.5 Å². The molecule has 1 N–H and O–H groups in total. The number of hydrogen-bond donors (Lipinski definition) is 1. The number of nitrogens with zero attached hydrogens (tertiary/aromatic N) is 5. The van der Waals surface area contributed by atoms with Crippen LogP contribution in [0.5, 0.6) is 0 Å². The van der Waals surface area contributed by atoms with Crippen molar-refractivity contribution in [3.63, 3.8) is 0 Å². The van der Waals surface area contributed by atoms with E-state index in [1.165, 1.54) is 24.3 Å². The molecule has 1 aromatic heterocycles. The van der Waals surface area contributed by atoms with E-state index in [2.05, 4.69) is 34.0 Å². The number of aromatic nitrogens is 2. The Morgan fingerprint density at radius 1 is 0.978 bits per heavy atom. The van der Waals surface area contributed by atoms with Gasteiger partial charge >= 0.3 is 6.18 Å². The molecule has 0 saturated carbocycles. The van der Waals surface area contributed by atoms with Gasteiger partial charge in [0.1, 0.15) is 11.9 Å². The number of carbonyl (C=O) groups excluding carboxylic acids is 1. The zero-order chi connectivity index (χ0) is 32.4. The van der Waals surface area contributed by atoms with Crippen LogP contribution in [0.25, 0.3) is 11.3 Å². The highest BCUT2D eigenvalue weighted by Gasteiger charge is 2.39. The van der Waals surface area contributed by atoms with Crippen molar-refractivity contribution in [2.24, 2.45) is 5.92 Å². The third-order valence-electron chi connectivity index (χ3n) is 7.92. The lowest BCUT2D eigenvalue weighted by molar-refractivity contribution is -0.137. The van der Waals surface area contributed by atoms with Crippen LogP contribution in [0.1, 0.15) is 37.9 Å². The van der Waals surface area contributed by atoms with Gasteiger partial charge in [-0.15, -0.1) is 0 Å². The second-order valence-corrected chi connectivity index (χ2v) is 13.6. The topological polar surface area (TPSA) is 98.7 Å². The zero-order valence-electron chi connectivity index (χ0n) is 25.1. The van der Waals surface area contributed by atoms with Gasteiger partial charge in [-0.05, 0) is 61.2 Å². The molecule has 2 aliphatic heterocycles. The van der Waals surface area contributed by atoms with Crippen molar-refractivity contribution in [3.05, 3.63) is 71.7 Å². The van der Waals surface area contributed by atoms with Crippen LogP contribution < -0.4 is 10.2 Å². The average molecular weight is 649 g/mol. The quantitative estimate of drug-likeness (QED) is 0.340. The molecular formula is C31H36F4N6O3S. The summed E-state index contributed by atoms with van der Waals surface area (Å²) in [4.78, 5) is 27.0. The number of alkyl halides is 3. The van der Waals surface area contributed by atoms with E-state index in [0.717, 1.165) is 48.2 Å². The second-order valence-electron chi connectivity index (χ2n) is 11.7. The molecule has 3 aromatic rings. The summed E-state index contributed by atoms with van der Waals surface area (Å²) in [7, 11) is -4.03. The molecule has 2 fully saturated rings. The van der Waals surface area contributed by atoms with E-state index in [1.54, 1.807) is 6.07 Å². The minimum Gasteiger partial charge on any atom is -0.349 e. The number of halogens is 4. The van der Waals surface area contributed by atoms with E-state index in [1.807, 2.05) is 4.90 Å². The lowest BCUT2D eigenvalue weighted by Gasteiger charge is -2.35. The SMILES string of the molecule is CC(C)CN1CCN(c2nc(CNC(=O)[C@@H]3CCCN3S(=O)(=O)c3ccc(F)cc3)cc(-c3ccc(C(F)(F)F)cc3)n2)CC1. The number of rotatable bonds is 9. The van der Waals surface area contributed by atoms with Crippen LogP contribution in [0.2, 0.25) is 0 Å². The minimum atomic E-state index is -4.47. The normalized spacial score (nSPS) is 18.5. The van der Waals surface area contributed by atoms with Crippen molar-refractivity contribution < 1.29 is 30.8 Å². The van der Waals surface area contributed by atoms with E-state index >= 15 is 0 Å². The largest absolute Gasteiger partial charge is 0.416 e. The molecule has 9 nitrogen and oxygen atoms in total. The van der Waals surface area contributed by atoms with Crippen molar-refractivity contribution in [2.75, 3.05) is 44.2 Å². The molecule has 1 amide bonds. The molecule has 242 valence electrons. The predicted molar refractivity (Wildman–Crippen MR) is 161 cm³/mol. The van der Waals surface area contributed by atoms with Crippen LogP contribution in [-0.4, -0.2) is 78.8 Å². The second kappa shape index (κ2) is 13.4. The van der Waals surface area contributed by atoms with Crippen LogP contribution in [0, 0.1) is 11.7 Å². The standard InChI is InChI=1S/C31H36F4N6O3S/c1-21(2)20-39-14-16-40(17-15-39)30-37-25(18-27(38-30)22-5-7-23(8-6-22)31(33,34)35)19-36-29(42)28-4-3-13-41(28)45(43,44)26-11-9-24(32)10-12-26/h5-12,18,21,28H,3-4,13-17,19-20H2,1-2H3,(H,36,42)/t28-/m0/s1. The number of sulfonamides is 1. The van der Waals surface area contributed by atoms with Gasteiger partial charge in [0.25, 0.3) is 0 Å². The first kappa shape index (κ1) is 32.8. The summed E-state index contributed by atoms with van der Waals surface area (Å²) in [5.74, 6) is -0.145. The van der Waals surface area contributed by atoms with Gasteiger partial charge in [0.2, 0.25) is 21.9 Å². The Hall–Kier alpha value is -3.62. The highest BCUT2D eigenvalue weighted by Crippen LogP contribution is 2.31. The maximum atomic E-state index is 13.4. The molecule has 0 bridgehead atoms. The van der Waals surface area contributed by atoms with Crippen LogP contribution >= 0.6 is 0 Å². The number of carbonyl (C=O) groups is 1. The number of amides is 1. The lowest BCUT2D eigenvalue weighted by Crippen LogP contribution is -2.48. The molecule has 0 aliphatic carbocycles. The molecule has 2 aromatic carbocycles. The molecule has 1 atom stereocenters. The molecule has 3 heterocycles. The van der Waals surface area contributed by atoms with E-state index < -0.39 is 39.5 Å². The average Bonchev–Trinajstić information content (AvgIpc) is 3.51. The third-order valence-corrected chi connectivity index (χ3v) is 9.85. The lowest BCUT2D eigenvalue weighted by atomic mass is 10.1. The maximum Gasteiger partial charge on any atom is 0.416 e. The van der Waals surface area contributed by atoms with E-state index in [9.17, 15) is 30.8 Å². The highest BCUT2D eigenvalue weighted by atomic mass is 32.2. The van der Waals surface area contributed by atoms with Gasteiger partial charge < -0.3 is 10.2 Å². The molecule has 45 heavy (non-hydrogen) atoms. The van der Waals surface area contributed by atoms with Crippen LogP contribution in [-0.2, 0) is 27.5 Å². The van der Waals surface area contributed by atoms with Gasteiger partial charge in [-0.25, -0.2) is 22.8 Å². The Labute approximate surface area is 260 Å². The first-order valence-corrected chi connectivity index (χ1v) is 16.3. The van der Waals surface area contributed by atoms with Crippen molar-refractivity contribution in [2.45, 2.75) is 50.3 Å². The summed E-state index contributed by atoms with van der Waals surface area (Å²) in [6, 6.07) is 9.83. The van der Waals surface area contributed by atoms with Gasteiger partial charge in [0.15, 0.2) is 0 Å². The van der Waals surface area contributed by atoms with Crippen molar-refractivity contribution in [1.29, 1.82) is 0 Å². The van der Waals surface area contributed by atoms with Crippen molar-refractivity contribution in [3.8, 4) is 11.3 Å². The minimum absolute atomic E-state index is 0.0454. The van der Waals surface area contributed by atoms with Crippen LogP contribution in [0.4, 0.5) is 23.5 Å². The molecule has 5 rings (SSSR count). The fraction of sp³-hybridized carbons (Fsp3) is 0.452. The van der Waals surface area contributed by atoms with E-state index in [4.69, 9.17) is 0 Å². The molecule has 0 unspecified atom stereocenters. The fourth-order valence-corrected chi connectivity index (χ4v) is 7.32. The smallest absolute Gasteiger partial charge is 0.349 e. The van der Waals surface area contributed by atoms with Gasteiger partial charge in [-0.3, -0.25) is 9.69 Å². The number of anilines is 1. The van der Waals surface area contributed by atoms with Gasteiger partial charge in [-0.2, -0.15) is 17.5 Å². The summed E-state index contributed by atoms with van der Waals surface area (Å²) in [5.41, 5.74) is 0.527. The number of hydrogen-bond acceptors (Lipinski definition) is 7. The summed E-state index contributed by atoms with van der Waals surface area (Å²) in [5, 5.41) is 2.80. The highest BCUT2D eigenvalue weighted by molar-refractivity contribution is 7.89. The first-order chi connectivity index (χ1) is 21.3. The molecule has 0 radical (unpaired) electrons.